The number of ether oxygens (including phenoxy) is 1. The number of methoxy groups -OCH3 is 1. The van der Waals surface area contributed by atoms with Gasteiger partial charge in [-0.3, -0.25) is 4.79 Å². The molecule has 1 aromatic rings. The van der Waals surface area contributed by atoms with Crippen molar-refractivity contribution in [2.75, 3.05) is 27.3 Å². The summed E-state index contributed by atoms with van der Waals surface area (Å²) >= 11 is 0. The SMILES string of the molecule is COCCCNC(=O)c1ccc(S(=O)(=O)N(C)C(C)C)cc1. The number of benzene rings is 1. The van der Waals surface area contributed by atoms with Gasteiger partial charge in [0, 0.05) is 38.9 Å². The Morgan fingerprint density at radius 1 is 1.27 bits per heavy atom. The Balaban J connectivity index is 2.76. The number of carbonyl (C=O) groups is 1. The predicted molar refractivity (Wildman–Crippen MR) is 85.4 cm³/mol. The van der Waals surface area contributed by atoms with Gasteiger partial charge in [0.1, 0.15) is 0 Å². The Kier molecular flexibility index (Phi) is 6.99. The smallest absolute Gasteiger partial charge is 0.251 e. The van der Waals surface area contributed by atoms with Gasteiger partial charge in [0.15, 0.2) is 0 Å². The van der Waals surface area contributed by atoms with Crippen molar-refractivity contribution in [2.45, 2.75) is 31.2 Å². The van der Waals surface area contributed by atoms with Crippen LogP contribution in [0, 0.1) is 0 Å². The number of nitrogens with zero attached hydrogens (tertiary/aromatic N) is 1. The van der Waals surface area contributed by atoms with Gasteiger partial charge in [0.2, 0.25) is 10.0 Å². The maximum absolute atomic E-state index is 12.3. The van der Waals surface area contributed by atoms with E-state index in [0.717, 1.165) is 6.42 Å². The quantitative estimate of drug-likeness (QED) is 0.734. The first kappa shape index (κ1) is 18.6. The van der Waals surface area contributed by atoms with Crippen molar-refractivity contribution in [3.63, 3.8) is 0 Å². The van der Waals surface area contributed by atoms with E-state index >= 15 is 0 Å². The molecular weight excluding hydrogens is 304 g/mol. The Morgan fingerprint density at radius 3 is 2.36 bits per heavy atom. The molecule has 0 fully saturated rings. The lowest BCUT2D eigenvalue weighted by molar-refractivity contribution is 0.0948. The molecule has 0 spiro atoms. The first-order valence-corrected chi connectivity index (χ1v) is 8.60. The molecule has 0 aliphatic carbocycles. The van der Waals surface area contributed by atoms with Crippen LogP contribution in [-0.4, -0.2) is 52.0 Å². The highest BCUT2D eigenvalue weighted by atomic mass is 32.2. The lowest BCUT2D eigenvalue weighted by Gasteiger charge is -2.21. The molecule has 0 aliphatic heterocycles. The molecule has 0 radical (unpaired) electrons. The van der Waals surface area contributed by atoms with Crippen molar-refractivity contribution in [3.8, 4) is 0 Å². The van der Waals surface area contributed by atoms with Crippen LogP contribution in [-0.2, 0) is 14.8 Å². The second-order valence-electron chi connectivity index (χ2n) is 5.24. The molecule has 0 bridgehead atoms. The summed E-state index contributed by atoms with van der Waals surface area (Å²) in [6.45, 7) is 4.71. The molecule has 1 amide bonds. The summed E-state index contributed by atoms with van der Waals surface area (Å²) in [5.74, 6) is -0.225. The fourth-order valence-electron chi connectivity index (χ4n) is 1.74. The fraction of sp³-hybridized carbons (Fsp3) is 0.533. The Hall–Kier alpha value is -1.44. The van der Waals surface area contributed by atoms with E-state index in [1.807, 2.05) is 0 Å². The number of hydrogen-bond acceptors (Lipinski definition) is 4. The van der Waals surface area contributed by atoms with Gasteiger partial charge >= 0.3 is 0 Å². The average Bonchev–Trinajstić information content (AvgIpc) is 2.50. The number of nitrogens with one attached hydrogen (secondary N) is 1. The van der Waals surface area contributed by atoms with Gasteiger partial charge in [-0.1, -0.05) is 0 Å². The van der Waals surface area contributed by atoms with Crippen molar-refractivity contribution in [1.82, 2.24) is 9.62 Å². The second-order valence-corrected chi connectivity index (χ2v) is 7.24. The minimum atomic E-state index is -3.52. The summed E-state index contributed by atoms with van der Waals surface area (Å²) < 4.78 is 30.8. The van der Waals surface area contributed by atoms with Gasteiger partial charge in [-0.05, 0) is 44.5 Å². The third kappa shape index (κ3) is 4.79. The van der Waals surface area contributed by atoms with E-state index in [9.17, 15) is 13.2 Å². The molecule has 22 heavy (non-hydrogen) atoms. The van der Waals surface area contributed by atoms with Crippen LogP contribution in [0.1, 0.15) is 30.6 Å². The van der Waals surface area contributed by atoms with Crippen LogP contribution >= 0.6 is 0 Å². The van der Waals surface area contributed by atoms with E-state index in [1.54, 1.807) is 21.0 Å². The summed E-state index contributed by atoms with van der Waals surface area (Å²) in [6, 6.07) is 5.82. The van der Waals surface area contributed by atoms with Gasteiger partial charge in [-0.25, -0.2) is 8.42 Å². The van der Waals surface area contributed by atoms with Crippen LogP contribution in [0.4, 0.5) is 0 Å². The molecule has 0 aliphatic rings. The maximum Gasteiger partial charge on any atom is 0.251 e. The summed E-state index contributed by atoms with van der Waals surface area (Å²) in [4.78, 5) is 12.1. The monoisotopic (exact) mass is 328 g/mol. The minimum absolute atomic E-state index is 0.131. The summed E-state index contributed by atoms with van der Waals surface area (Å²) in [5.41, 5.74) is 0.434. The number of carbonyl (C=O) groups excluding carboxylic acids is 1. The van der Waals surface area contributed by atoms with E-state index in [1.165, 1.54) is 35.6 Å². The maximum atomic E-state index is 12.3. The normalized spacial score (nSPS) is 11.9. The Labute approximate surface area is 132 Å². The molecule has 0 saturated heterocycles. The zero-order chi connectivity index (χ0) is 16.8. The van der Waals surface area contributed by atoms with Crippen molar-refractivity contribution >= 4 is 15.9 Å². The first-order chi connectivity index (χ1) is 10.3. The fourth-order valence-corrected chi connectivity index (χ4v) is 3.11. The van der Waals surface area contributed by atoms with E-state index in [4.69, 9.17) is 4.74 Å². The van der Waals surface area contributed by atoms with Crippen molar-refractivity contribution in [3.05, 3.63) is 29.8 Å². The molecule has 1 aromatic carbocycles. The highest BCUT2D eigenvalue weighted by Gasteiger charge is 2.23. The van der Waals surface area contributed by atoms with E-state index in [2.05, 4.69) is 5.32 Å². The van der Waals surface area contributed by atoms with E-state index in [0.29, 0.717) is 18.7 Å². The van der Waals surface area contributed by atoms with Crippen molar-refractivity contribution < 1.29 is 17.9 Å². The van der Waals surface area contributed by atoms with Crippen LogP contribution in [0.2, 0.25) is 0 Å². The lowest BCUT2D eigenvalue weighted by Crippen LogP contribution is -2.33. The largest absolute Gasteiger partial charge is 0.385 e. The van der Waals surface area contributed by atoms with Crippen molar-refractivity contribution in [1.29, 1.82) is 0 Å². The highest BCUT2D eigenvalue weighted by molar-refractivity contribution is 7.89. The molecule has 0 aromatic heterocycles. The zero-order valence-corrected chi connectivity index (χ0v) is 14.3. The molecule has 0 heterocycles. The number of sulfonamides is 1. The van der Waals surface area contributed by atoms with Crippen LogP contribution in [0.15, 0.2) is 29.2 Å². The standard InChI is InChI=1S/C15H24N2O4S/c1-12(2)17(3)22(19,20)14-8-6-13(7-9-14)15(18)16-10-5-11-21-4/h6-9,12H,5,10-11H2,1-4H3,(H,16,18). The topological polar surface area (TPSA) is 75.7 Å². The zero-order valence-electron chi connectivity index (χ0n) is 13.5. The molecule has 1 rings (SSSR count). The van der Waals surface area contributed by atoms with Crippen LogP contribution in [0.3, 0.4) is 0 Å². The Bertz CT molecular complexity index is 582. The Morgan fingerprint density at radius 2 is 1.86 bits per heavy atom. The summed E-state index contributed by atoms with van der Waals surface area (Å²) in [7, 11) is -0.375. The molecule has 6 nitrogen and oxygen atoms in total. The van der Waals surface area contributed by atoms with Crippen LogP contribution in [0.25, 0.3) is 0 Å². The number of hydrogen-bond donors (Lipinski definition) is 1. The van der Waals surface area contributed by atoms with Crippen LogP contribution < -0.4 is 5.32 Å². The molecule has 124 valence electrons. The second kappa shape index (κ2) is 8.26. The average molecular weight is 328 g/mol. The van der Waals surface area contributed by atoms with Crippen LogP contribution in [0.5, 0.6) is 0 Å². The molecule has 0 atom stereocenters. The summed E-state index contributed by atoms with van der Waals surface area (Å²) in [5, 5.41) is 2.75. The van der Waals surface area contributed by atoms with E-state index < -0.39 is 10.0 Å². The highest BCUT2D eigenvalue weighted by Crippen LogP contribution is 2.17. The predicted octanol–water partition coefficient (Wildman–Crippen LogP) is 1.48. The first-order valence-electron chi connectivity index (χ1n) is 7.16. The molecular formula is C15H24N2O4S. The molecule has 1 N–H and O–H groups in total. The third-order valence-electron chi connectivity index (χ3n) is 3.33. The molecule has 0 unspecified atom stereocenters. The van der Waals surface area contributed by atoms with Gasteiger partial charge in [0.25, 0.3) is 5.91 Å². The van der Waals surface area contributed by atoms with Gasteiger partial charge < -0.3 is 10.1 Å². The summed E-state index contributed by atoms with van der Waals surface area (Å²) in [6.07, 6.45) is 0.730. The molecule has 0 saturated carbocycles. The lowest BCUT2D eigenvalue weighted by atomic mass is 10.2. The van der Waals surface area contributed by atoms with E-state index in [-0.39, 0.29) is 16.8 Å². The molecule has 7 heteroatoms. The van der Waals surface area contributed by atoms with Gasteiger partial charge in [-0.15, -0.1) is 0 Å². The van der Waals surface area contributed by atoms with Gasteiger partial charge in [-0.2, -0.15) is 4.31 Å². The minimum Gasteiger partial charge on any atom is -0.385 e. The third-order valence-corrected chi connectivity index (χ3v) is 5.38. The number of rotatable bonds is 8. The number of amides is 1. The van der Waals surface area contributed by atoms with Gasteiger partial charge in [0.05, 0.1) is 4.90 Å². The van der Waals surface area contributed by atoms with Crippen molar-refractivity contribution in [2.24, 2.45) is 0 Å².